The number of aryl methyl sites for hydroxylation is 2. The Kier molecular flexibility index (Phi) is 7.40. The maximum absolute atomic E-state index is 13.6. The number of hydrazone groups is 1. The lowest BCUT2D eigenvalue weighted by atomic mass is 9.94. The highest BCUT2D eigenvalue weighted by atomic mass is 16.5. The largest absolute Gasteiger partial charge is 0.497 e. The molecule has 1 atom stereocenters. The van der Waals surface area contributed by atoms with Crippen molar-refractivity contribution >= 4 is 17.5 Å². The second-order valence-corrected chi connectivity index (χ2v) is 9.38. The lowest BCUT2D eigenvalue weighted by molar-refractivity contribution is -0.134. The van der Waals surface area contributed by atoms with Crippen molar-refractivity contribution in [3.8, 4) is 11.5 Å². The van der Waals surface area contributed by atoms with E-state index in [0.29, 0.717) is 43.9 Å². The van der Waals surface area contributed by atoms with Gasteiger partial charge in [-0.15, -0.1) is 0 Å². The van der Waals surface area contributed by atoms with Gasteiger partial charge in [-0.25, -0.2) is 5.01 Å². The first-order valence-electron chi connectivity index (χ1n) is 12.0. The van der Waals surface area contributed by atoms with Crippen LogP contribution < -0.4 is 15.2 Å². The molecule has 2 aliphatic heterocycles. The molecule has 186 valence electrons. The van der Waals surface area contributed by atoms with Gasteiger partial charge in [0, 0.05) is 29.5 Å². The van der Waals surface area contributed by atoms with Crippen LogP contribution in [-0.4, -0.2) is 61.3 Å². The van der Waals surface area contributed by atoms with Crippen LogP contribution in [-0.2, 0) is 9.59 Å². The van der Waals surface area contributed by atoms with Crippen LogP contribution in [0.15, 0.2) is 41.5 Å². The monoisotopic (exact) mass is 478 g/mol. The van der Waals surface area contributed by atoms with Crippen molar-refractivity contribution in [1.29, 1.82) is 0 Å². The van der Waals surface area contributed by atoms with E-state index in [1.807, 2.05) is 18.2 Å². The fourth-order valence-electron chi connectivity index (χ4n) is 4.93. The number of amides is 2. The molecule has 1 saturated heterocycles. The van der Waals surface area contributed by atoms with Gasteiger partial charge in [0.2, 0.25) is 5.91 Å². The standard InChI is InChI=1S/C27H34N4O4/c1-17-5-6-18(2)22(13-17)23-15-24(21-8-7-20(34-3)14-25(21)35-4)31(29-23)26(32)16-30-11-9-19(10-12-30)27(28)33/h5-8,13-14,19,24H,9-12,15-16H2,1-4H3,(H2,28,33)/t24-/m0/s1. The van der Waals surface area contributed by atoms with Crippen molar-refractivity contribution in [3.63, 3.8) is 0 Å². The number of nitrogens with zero attached hydrogens (tertiary/aromatic N) is 3. The molecule has 8 nitrogen and oxygen atoms in total. The van der Waals surface area contributed by atoms with E-state index in [0.717, 1.165) is 28.0 Å². The summed E-state index contributed by atoms with van der Waals surface area (Å²) >= 11 is 0. The second kappa shape index (κ2) is 10.5. The Balaban J connectivity index is 1.63. The summed E-state index contributed by atoms with van der Waals surface area (Å²) < 4.78 is 11.0. The van der Waals surface area contributed by atoms with Gasteiger partial charge >= 0.3 is 0 Å². The van der Waals surface area contributed by atoms with Crippen LogP contribution in [0.25, 0.3) is 0 Å². The predicted octanol–water partition coefficient (Wildman–Crippen LogP) is 3.20. The molecule has 0 aliphatic carbocycles. The molecular weight excluding hydrogens is 444 g/mol. The highest BCUT2D eigenvalue weighted by molar-refractivity contribution is 6.04. The smallest absolute Gasteiger partial charge is 0.257 e. The van der Waals surface area contributed by atoms with Crippen LogP contribution in [0.3, 0.4) is 0 Å². The Labute approximate surface area is 206 Å². The lowest BCUT2D eigenvalue weighted by Crippen LogP contribution is -2.44. The van der Waals surface area contributed by atoms with Crippen LogP contribution in [0.4, 0.5) is 0 Å². The van der Waals surface area contributed by atoms with Crippen molar-refractivity contribution in [3.05, 3.63) is 58.7 Å². The van der Waals surface area contributed by atoms with Crippen molar-refractivity contribution in [1.82, 2.24) is 9.91 Å². The summed E-state index contributed by atoms with van der Waals surface area (Å²) in [4.78, 5) is 27.2. The zero-order valence-electron chi connectivity index (χ0n) is 20.9. The number of primary amides is 1. The molecule has 0 saturated carbocycles. The first kappa shape index (κ1) is 24.7. The Morgan fingerprint density at radius 2 is 1.80 bits per heavy atom. The highest BCUT2D eigenvalue weighted by Gasteiger charge is 2.36. The summed E-state index contributed by atoms with van der Waals surface area (Å²) in [6.07, 6.45) is 1.94. The number of rotatable bonds is 7. The molecule has 8 heteroatoms. The third-order valence-corrected chi connectivity index (χ3v) is 7.02. The van der Waals surface area contributed by atoms with Crippen LogP contribution >= 0.6 is 0 Å². The number of carbonyl (C=O) groups is 2. The zero-order valence-corrected chi connectivity index (χ0v) is 20.9. The summed E-state index contributed by atoms with van der Waals surface area (Å²) in [6, 6.07) is 11.7. The van der Waals surface area contributed by atoms with Gasteiger partial charge in [-0.2, -0.15) is 5.10 Å². The molecule has 2 N–H and O–H groups in total. The molecule has 2 amide bonds. The predicted molar refractivity (Wildman–Crippen MR) is 135 cm³/mol. The number of likely N-dealkylation sites (tertiary alicyclic amines) is 1. The molecule has 0 spiro atoms. The van der Waals surface area contributed by atoms with Gasteiger partial charge in [-0.05, 0) is 63.5 Å². The minimum atomic E-state index is -0.290. The fraction of sp³-hybridized carbons (Fsp3) is 0.444. The molecule has 0 radical (unpaired) electrons. The van der Waals surface area contributed by atoms with E-state index in [1.54, 1.807) is 19.2 Å². The maximum atomic E-state index is 13.6. The fourth-order valence-corrected chi connectivity index (χ4v) is 4.93. The van der Waals surface area contributed by atoms with Crippen LogP contribution in [0, 0.1) is 19.8 Å². The van der Waals surface area contributed by atoms with Gasteiger partial charge in [-0.1, -0.05) is 17.7 Å². The first-order chi connectivity index (χ1) is 16.8. The minimum Gasteiger partial charge on any atom is -0.497 e. The van der Waals surface area contributed by atoms with Gasteiger partial charge < -0.3 is 15.2 Å². The molecule has 0 bridgehead atoms. The van der Waals surface area contributed by atoms with E-state index >= 15 is 0 Å². The average molecular weight is 479 g/mol. The Bertz CT molecular complexity index is 1140. The maximum Gasteiger partial charge on any atom is 0.257 e. The molecule has 4 rings (SSSR count). The third-order valence-electron chi connectivity index (χ3n) is 7.02. The molecule has 2 aliphatic rings. The first-order valence-corrected chi connectivity index (χ1v) is 12.0. The van der Waals surface area contributed by atoms with Crippen LogP contribution in [0.5, 0.6) is 11.5 Å². The summed E-state index contributed by atoms with van der Waals surface area (Å²) in [5.74, 6) is 0.898. The third kappa shape index (κ3) is 5.32. The zero-order chi connectivity index (χ0) is 25.1. The number of nitrogens with two attached hydrogens (primary N) is 1. The van der Waals surface area contributed by atoms with Crippen LogP contribution in [0.1, 0.15) is 47.6 Å². The van der Waals surface area contributed by atoms with Gasteiger partial charge in [0.1, 0.15) is 11.5 Å². The van der Waals surface area contributed by atoms with Crippen molar-refractivity contribution in [2.75, 3.05) is 33.9 Å². The summed E-state index contributed by atoms with van der Waals surface area (Å²) in [7, 11) is 3.23. The number of hydrogen-bond acceptors (Lipinski definition) is 6. The highest BCUT2D eigenvalue weighted by Crippen LogP contribution is 2.39. The van der Waals surface area contributed by atoms with E-state index < -0.39 is 0 Å². The van der Waals surface area contributed by atoms with Crippen LogP contribution in [0.2, 0.25) is 0 Å². The van der Waals surface area contributed by atoms with E-state index in [-0.39, 0.29) is 30.3 Å². The second-order valence-electron chi connectivity index (χ2n) is 9.38. The van der Waals surface area contributed by atoms with Gasteiger partial charge in [0.05, 0.1) is 32.5 Å². The Morgan fingerprint density at radius 3 is 2.46 bits per heavy atom. The van der Waals surface area contributed by atoms with E-state index in [4.69, 9.17) is 20.3 Å². The number of methoxy groups -OCH3 is 2. The summed E-state index contributed by atoms with van der Waals surface area (Å²) in [5, 5.41) is 6.47. The SMILES string of the molecule is COc1ccc([C@@H]2CC(c3cc(C)ccc3C)=NN2C(=O)CN2CCC(C(N)=O)CC2)c(OC)c1. The Morgan fingerprint density at radius 1 is 1.06 bits per heavy atom. The van der Waals surface area contributed by atoms with Crippen molar-refractivity contribution in [2.24, 2.45) is 16.8 Å². The van der Waals surface area contributed by atoms with Crippen molar-refractivity contribution in [2.45, 2.75) is 39.2 Å². The molecule has 35 heavy (non-hydrogen) atoms. The number of hydrogen-bond donors (Lipinski definition) is 1. The van der Waals surface area contributed by atoms with Gasteiger partial charge in [-0.3, -0.25) is 14.5 Å². The topological polar surface area (TPSA) is 97.5 Å². The van der Waals surface area contributed by atoms with Crippen molar-refractivity contribution < 1.29 is 19.1 Å². The quantitative estimate of drug-likeness (QED) is 0.659. The molecule has 2 aromatic carbocycles. The van der Waals surface area contributed by atoms with E-state index in [2.05, 4.69) is 36.9 Å². The number of benzene rings is 2. The lowest BCUT2D eigenvalue weighted by Gasteiger charge is -2.31. The van der Waals surface area contributed by atoms with Gasteiger partial charge in [0.25, 0.3) is 5.91 Å². The normalized spacial score (nSPS) is 18.9. The summed E-state index contributed by atoms with van der Waals surface area (Å²) in [5.41, 5.74) is 10.6. The number of piperidine rings is 1. The molecule has 1 fully saturated rings. The number of ether oxygens (including phenoxy) is 2. The average Bonchev–Trinajstić information content (AvgIpc) is 3.30. The van der Waals surface area contributed by atoms with E-state index in [1.165, 1.54) is 0 Å². The number of carbonyl (C=O) groups excluding carboxylic acids is 2. The molecule has 0 aromatic heterocycles. The Hall–Kier alpha value is -3.39. The molecule has 0 unspecified atom stereocenters. The summed E-state index contributed by atoms with van der Waals surface area (Å²) in [6.45, 7) is 5.69. The minimum absolute atomic E-state index is 0.0781. The molecular formula is C27H34N4O4. The van der Waals surface area contributed by atoms with E-state index in [9.17, 15) is 9.59 Å². The van der Waals surface area contributed by atoms with Gasteiger partial charge in [0.15, 0.2) is 0 Å². The molecule has 2 aromatic rings. The molecule has 2 heterocycles.